The first kappa shape index (κ1) is 18.1. The van der Waals surface area contributed by atoms with E-state index < -0.39 is 0 Å². The lowest BCUT2D eigenvalue weighted by atomic mass is 10.1. The van der Waals surface area contributed by atoms with Crippen molar-refractivity contribution in [2.45, 2.75) is 19.3 Å². The highest BCUT2D eigenvalue weighted by Crippen LogP contribution is 2.15. The van der Waals surface area contributed by atoms with Crippen molar-refractivity contribution in [1.29, 1.82) is 0 Å². The summed E-state index contributed by atoms with van der Waals surface area (Å²) in [5, 5.41) is 5.82. The Morgan fingerprint density at radius 2 is 1.62 bits per heavy atom. The standard InChI is InChI=1S/C21H25N3O2/c25-20(16-24-14-6-7-15-24)23-19-11-5-4-10-18(19)21(26)22-13-12-17-8-2-1-3-9-17/h1-5,8-11H,6-7,12-16H2,(H,22,26)(H,23,25). The van der Waals surface area contributed by atoms with Crippen molar-refractivity contribution in [2.75, 3.05) is 31.5 Å². The van der Waals surface area contributed by atoms with Gasteiger partial charge in [-0.2, -0.15) is 0 Å². The smallest absolute Gasteiger partial charge is 0.253 e. The van der Waals surface area contributed by atoms with Gasteiger partial charge in [0.2, 0.25) is 5.91 Å². The molecule has 0 atom stereocenters. The van der Waals surface area contributed by atoms with Gasteiger partial charge in [-0.15, -0.1) is 0 Å². The number of benzene rings is 2. The number of hydrogen-bond acceptors (Lipinski definition) is 3. The maximum atomic E-state index is 12.5. The number of likely N-dealkylation sites (tertiary alicyclic amines) is 1. The molecule has 0 spiro atoms. The molecule has 0 aliphatic carbocycles. The van der Waals surface area contributed by atoms with E-state index in [9.17, 15) is 9.59 Å². The van der Waals surface area contributed by atoms with E-state index in [0.29, 0.717) is 24.3 Å². The Labute approximate surface area is 154 Å². The molecule has 2 aromatic rings. The van der Waals surface area contributed by atoms with Crippen molar-refractivity contribution in [3.05, 3.63) is 65.7 Å². The van der Waals surface area contributed by atoms with Crippen molar-refractivity contribution >= 4 is 17.5 Å². The van der Waals surface area contributed by atoms with Crippen molar-refractivity contribution < 1.29 is 9.59 Å². The van der Waals surface area contributed by atoms with Crippen LogP contribution >= 0.6 is 0 Å². The molecule has 136 valence electrons. The highest BCUT2D eigenvalue weighted by atomic mass is 16.2. The van der Waals surface area contributed by atoms with Crippen molar-refractivity contribution in [3.63, 3.8) is 0 Å². The van der Waals surface area contributed by atoms with Gasteiger partial charge in [0, 0.05) is 6.54 Å². The molecule has 2 amide bonds. The fourth-order valence-corrected chi connectivity index (χ4v) is 3.18. The zero-order valence-corrected chi connectivity index (χ0v) is 14.9. The Morgan fingerprint density at radius 1 is 0.923 bits per heavy atom. The van der Waals surface area contributed by atoms with Crippen molar-refractivity contribution in [2.24, 2.45) is 0 Å². The van der Waals surface area contributed by atoms with Crippen LogP contribution in [0, 0.1) is 0 Å². The summed E-state index contributed by atoms with van der Waals surface area (Å²) in [5.41, 5.74) is 2.24. The highest BCUT2D eigenvalue weighted by Gasteiger charge is 2.17. The van der Waals surface area contributed by atoms with Gasteiger partial charge in [-0.3, -0.25) is 14.5 Å². The van der Waals surface area contributed by atoms with Crippen molar-refractivity contribution in [1.82, 2.24) is 10.2 Å². The maximum absolute atomic E-state index is 12.5. The molecule has 2 N–H and O–H groups in total. The first-order valence-electron chi connectivity index (χ1n) is 9.16. The van der Waals surface area contributed by atoms with E-state index in [4.69, 9.17) is 0 Å². The molecule has 1 saturated heterocycles. The maximum Gasteiger partial charge on any atom is 0.253 e. The number of carbonyl (C=O) groups is 2. The van der Waals surface area contributed by atoms with Gasteiger partial charge in [0.05, 0.1) is 17.8 Å². The molecule has 1 aliphatic heterocycles. The van der Waals surface area contributed by atoms with E-state index >= 15 is 0 Å². The van der Waals surface area contributed by atoms with E-state index in [0.717, 1.165) is 32.4 Å². The second-order valence-electron chi connectivity index (χ2n) is 6.57. The van der Waals surface area contributed by atoms with Crippen LogP contribution in [0.25, 0.3) is 0 Å². The summed E-state index contributed by atoms with van der Waals surface area (Å²) in [5.74, 6) is -0.241. The Hall–Kier alpha value is -2.66. The first-order chi connectivity index (χ1) is 12.7. The molecule has 0 saturated carbocycles. The van der Waals surface area contributed by atoms with Gasteiger partial charge in [-0.05, 0) is 50.0 Å². The van der Waals surface area contributed by atoms with E-state index in [1.807, 2.05) is 42.5 Å². The number of para-hydroxylation sites is 1. The minimum Gasteiger partial charge on any atom is -0.352 e. The van der Waals surface area contributed by atoms with E-state index in [1.165, 1.54) is 5.56 Å². The van der Waals surface area contributed by atoms with Crippen LogP contribution in [0.5, 0.6) is 0 Å². The molecular formula is C21H25N3O2. The highest BCUT2D eigenvalue weighted by molar-refractivity contribution is 6.04. The summed E-state index contributed by atoms with van der Waals surface area (Å²) in [6.45, 7) is 2.87. The van der Waals surface area contributed by atoms with Crippen LogP contribution in [0.4, 0.5) is 5.69 Å². The number of rotatable bonds is 7. The zero-order chi connectivity index (χ0) is 18.2. The SMILES string of the molecule is O=C(CN1CCCC1)Nc1ccccc1C(=O)NCCc1ccccc1. The Bertz CT molecular complexity index is 740. The average Bonchev–Trinajstić information content (AvgIpc) is 3.16. The lowest BCUT2D eigenvalue weighted by Crippen LogP contribution is -2.32. The van der Waals surface area contributed by atoms with E-state index in [1.54, 1.807) is 12.1 Å². The molecule has 26 heavy (non-hydrogen) atoms. The molecular weight excluding hydrogens is 326 g/mol. The molecule has 5 heteroatoms. The average molecular weight is 351 g/mol. The number of nitrogens with one attached hydrogen (secondary N) is 2. The fraction of sp³-hybridized carbons (Fsp3) is 0.333. The predicted molar refractivity (Wildman–Crippen MR) is 103 cm³/mol. The van der Waals surface area contributed by atoms with Gasteiger partial charge in [-0.25, -0.2) is 0 Å². The molecule has 0 bridgehead atoms. The Morgan fingerprint density at radius 3 is 2.38 bits per heavy atom. The normalized spacial score (nSPS) is 14.2. The molecule has 5 nitrogen and oxygen atoms in total. The van der Waals surface area contributed by atoms with Crippen LogP contribution in [0.1, 0.15) is 28.8 Å². The first-order valence-corrected chi connectivity index (χ1v) is 9.16. The van der Waals surface area contributed by atoms with Gasteiger partial charge in [0.25, 0.3) is 5.91 Å². The third kappa shape index (κ3) is 5.17. The van der Waals surface area contributed by atoms with Crippen molar-refractivity contribution in [3.8, 4) is 0 Å². The molecule has 3 rings (SSSR count). The lowest BCUT2D eigenvalue weighted by Gasteiger charge is -2.15. The molecule has 0 radical (unpaired) electrons. The third-order valence-corrected chi connectivity index (χ3v) is 4.55. The van der Waals surface area contributed by atoms with Crippen LogP contribution in [-0.4, -0.2) is 42.9 Å². The quantitative estimate of drug-likeness (QED) is 0.806. The summed E-state index contributed by atoms with van der Waals surface area (Å²) >= 11 is 0. The summed E-state index contributed by atoms with van der Waals surface area (Å²) in [6, 6.07) is 17.2. The zero-order valence-electron chi connectivity index (χ0n) is 14.9. The lowest BCUT2D eigenvalue weighted by molar-refractivity contribution is -0.117. The predicted octanol–water partition coefficient (Wildman–Crippen LogP) is 2.69. The molecule has 0 unspecified atom stereocenters. The summed E-state index contributed by atoms with van der Waals surface area (Å²) in [7, 11) is 0. The summed E-state index contributed by atoms with van der Waals surface area (Å²) < 4.78 is 0. The van der Waals surface area contributed by atoms with Gasteiger partial charge in [0.1, 0.15) is 0 Å². The topological polar surface area (TPSA) is 61.4 Å². The van der Waals surface area contributed by atoms with Gasteiger partial charge < -0.3 is 10.6 Å². The number of amides is 2. The Kier molecular flexibility index (Phi) is 6.39. The fourth-order valence-electron chi connectivity index (χ4n) is 3.18. The third-order valence-electron chi connectivity index (χ3n) is 4.55. The van der Waals surface area contributed by atoms with Crippen LogP contribution in [0.2, 0.25) is 0 Å². The van der Waals surface area contributed by atoms with E-state index in [2.05, 4.69) is 15.5 Å². The molecule has 1 aliphatic rings. The van der Waals surface area contributed by atoms with E-state index in [-0.39, 0.29) is 11.8 Å². The van der Waals surface area contributed by atoms with Crippen LogP contribution < -0.4 is 10.6 Å². The number of nitrogens with zero attached hydrogens (tertiary/aromatic N) is 1. The van der Waals surface area contributed by atoms with Gasteiger partial charge in [0.15, 0.2) is 0 Å². The molecule has 2 aromatic carbocycles. The minimum absolute atomic E-state index is 0.0727. The number of hydrogen-bond donors (Lipinski definition) is 2. The second-order valence-corrected chi connectivity index (χ2v) is 6.57. The van der Waals surface area contributed by atoms with Crippen LogP contribution in [0.15, 0.2) is 54.6 Å². The minimum atomic E-state index is -0.169. The molecule has 1 heterocycles. The molecule has 1 fully saturated rings. The number of carbonyl (C=O) groups excluding carboxylic acids is 2. The van der Waals surface area contributed by atoms with Crippen LogP contribution in [-0.2, 0) is 11.2 Å². The summed E-state index contributed by atoms with van der Waals surface area (Å²) in [4.78, 5) is 26.9. The van der Waals surface area contributed by atoms with Crippen LogP contribution in [0.3, 0.4) is 0 Å². The second kappa shape index (κ2) is 9.15. The number of anilines is 1. The van der Waals surface area contributed by atoms with Gasteiger partial charge >= 0.3 is 0 Å². The Balaban J connectivity index is 1.55. The largest absolute Gasteiger partial charge is 0.352 e. The summed E-state index contributed by atoms with van der Waals surface area (Å²) in [6.07, 6.45) is 3.07. The van der Waals surface area contributed by atoms with Gasteiger partial charge in [-0.1, -0.05) is 42.5 Å². The monoisotopic (exact) mass is 351 g/mol. The molecule has 0 aromatic heterocycles.